The summed E-state index contributed by atoms with van der Waals surface area (Å²) in [6.07, 6.45) is 0.494. The number of H-pyrrole nitrogens is 1. The van der Waals surface area contributed by atoms with E-state index in [4.69, 9.17) is 0 Å². The van der Waals surface area contributed by atoms with Crippen LogP contribution in [0, 0.1) is 11.6 Å². The Hall–Kier alpha value is -2.23. The molecule has 0 aliphatic carbocycles. The number of hydrogen-bond acceptors (Lipinski definition) is 1. The fourth-order valence-corrected chi connectivity index (χ4v) is 1.96. The number of imidazole rings is 1. The van der Waals surface area contributed by atoms with Gasteiger partial charge in [0.1, 0.15) is 17.5 Å². The molecule has 1 N–H and O–H groups in total. The lowest BCUT2D eigenvalue weighted by atomic mass is 10.1. The van der Waals surface area contributed by atoms with Gasteiger partial charge in [0.05, 0.1) is 11.0 Å². The van der Waals surface area contributed by atoms with Gasteiger partial charge < -0.3 is 4.98 Å². The van der Waals surface area contributed by atoms with Gasteiger partial charge in [0.2, 0.25) is 0 Å². The van der Waals surface area contributed by atoms with Crippen molar-refractivity contribution in [3.63, 3.8) is 0 Å². The highest BCUT2D eigenvalue weighted by atomic mass is 19.1. The summed E-state index contributed by atoms with van der Waals surface area (Å²) >= 11 is 0. The maximum Gasteiger partial charge on any atom is 0.125 e. The monoisotopic (exact) mass is 244 g/mol. The first-order valence-corrected chi connectivity index (χ1v) is 5.59. The Labute approximate surface area is 102 Å². The van der Waals surface area contributed by atoms with Crippen molar-refractivity contribution in [2.45, 2.75) is 6.42 Å². The molecule has 0 spiro atoms. The molecule has 0 saturated carbocycles. The largest absolute Gasteiger partial charge is 0.342 e. The number of halogens is 2. The second-order valence-electron chi connectivity index (χ2n) is 4.15. The Kier molecular flexibility index (Phi) is 2.55. The minimum absolute atomic E-state index is 0.269. The number of nitrogens with one attached hydrogen (secondary N) is 1. The third-order valence-electron chi connectivity index (χ3n) is 2.75. The molecule has 0 amide bonds. The molecule has 0 fully saturated rings. The molecule has 3 aromatic rings. The predicted molar refractivity (Wildman–Crippen MR) is 65.3 cm³/mol. The molecule has 1 heterocycles. The summed E-state index contributed by atoms with van der Waals surface area (Å²) in [5.41, 5.74) is 2.19. The lowest BCUT2D eigenvalue weighted by Crippen LogP contribution is -1.91. The van der Waals surface area contributed by atoms with Crippen molar-refractivity contribution in [1.82, 2.24) is 9.97 Å². The van der Waals surface area contributed by atoms with E-state index in [1.165, 1.54) is 24.3 Å². The van der Waals surface area contributed by atoms with Crippen molar-refractivity contribution in [2.24, 2.45) is 0 Å². The molecule has 0 unspecified atom stereocenters. The normalized spacial score (nSPS) is 11.0. The van der Waals surface area contributed by atoms with Gasteiger partial charge in [-0.05, 0) is 35.9 Å². The Morgan fingerprint density at radius 3 is 2.67 bits per heavy atom. The summed E-state index contributed by atoms with van der Waals surface area (Å²) in [6, 6.07) is 10.7. The van der Waals surface area contributed by atoms with Crippen LogP contribution in [0.25, 0.3) is 11.0 Å². The molecule has 0 bridgehead atoms. The summed E-state index contributed by atoms with van der Waals surface area (Å²) in [6.45, 7) is 0. The summed E-state index contributed by atoms with van der Waals surface area (Å²) in [5.74, 6) is 0.124. The molecule has 0 saturated heterocycles. The second kappa shape index (κ2) is 4.22. The second-order valence-corrected chi connectivity index (χ2v) is 4.15. The van der Waals surface area contributed by atoms with Crippen LogP contribution in [0.4, 0.5) is 8.78 Å². The van der Waals surface area contributed by atoms with Crippen molar-refractivity contribution in [2.75, 3.05) is 0 Å². The lowest BCUT2D eigenvalue weighted by molar-refractivity contribution is 0.626. The van der Waals surface area contributed by atoms with Gasteiger partial charge in [-0.2, -0.15) is 0 Å². The molecule has 0 aliphatic rings. The molecule has 2 aromatic carbocycles. The Bertz CT molecular complexity index is 704. The van der Waals surface area contributed by atoms with Crippen LogP contribution < -0.4 is 0 Å². The minimum atomic E-state index is -0.302. The van der Waals surface area contributed by atoms with Crippen LogP contribution >= 0.6 is 0 Å². The van der Waals surface area contributed by atoms with Crippen LogP contribution in [0.15, 0.2) is 42.5 Å². The van der Waals surface area contributed by atoms with E-state index >= 15 is 0 Å². The summed E-state index contributed by atoms with van der Waals surface area (Å²) in [7, 11) is 0. The maximum atomic E-state index is 13.0. The van der Waals surface area contributed by atoms with E-state index in [0.717, 1.165) is 5.56 Å². The van der Waals surface area contributed by atoms with E-state index in [0.29, 0.717) is 23.3 Å². The summed E-state index contributed by atoms with van der Waals surface area (Å²) < 4.78 is 26.1. The SMILES string of the molecule is Fc1cccc(Cc2nc3ccc(F)cc3[nH]2)c1. The highest BCUT2D eigenvalue weighted by Gasteiger charge is 2.05. The molecule has 18 heavy (non-hydrogen) atoms. The first kappa shape index (κ1) is 10.9. The molecule has 90 valence electrons. The predicted octanol–water partition coefficient (Wildman–Crippen LogP) is 3.43. The van der Waals surface area contributed by atoms with Gasteiger partial charge in [-0.3, -0.25) is 0 Å². The van der Waals surface area contributed by atoms with E-state index in [-0.39, 0.29) is 11.6 Å². The van der Waals surface area contributed by atoms with E-state index in [1.54, 1.807) is 12.1 Å². The highest BCUT2D eigenvalue weighted by Crippen LogP contribution is 2.15. The molecule has 0 radical (unpaired) electrons. The average Bonchev–Trinajstić information content (AvgIpc) is 2.70. The standard InChI is InChI=1S/C14H10F2N2/c15-10-3-1-2-9(6-10)7-14-17-12-5-4-11(16)8-13(12)18-14/h1-6,8H,7H2,(H,17,18). The van der Waals surface area contributed by atoms with Gasteiger partial charge in [0, 0.05) is 6.42 Å². The van der Waals surface area contributed by atoms with E-state index < -0.39 is 0 Å². The van der Waals surface area contributed by atoms with Gasteiger partial charge in [0.25, 0.3) is 0 Å². The zero-order valence-corrected chi connectivity index (χ0v) is 9.45. The zero-order valence-electron chi connectivity index (χ0n) is 9.45. The van der Waals surface area contributed by atoms with Crippen LogP contribution in [0.2, 0.25) is 0 Å². The van der Waals surface area contributed by atoms with Crippen LogP contribution in [0.3, 0.4) is 0 Å². The molecule has 3 rings (SSSR count). The quantitative estimate of drug-likeness (QED) is 0.735. The highest BCUT2D eigenvalue weighted by molar-refractivity contribution is 5.75. The van der Waals surface area contributed by atoms with Gasteiger partial charge in [-0.25, -0.2) is 13.8 Å². The third kappa shape index (κ3) is 2.09. The van der Waals surface area contributed by atoms with Crippen molar-refractivity contribution in [1.29, 1.82) is 0 Å². The Morgan fingerprint density at radius 1 is 1.00 bits per heavy atom. The van der Waals surface area contributed by atoms with Crippen LogP contribution in [0.1, 0.15) is 11.4 Å². The van der Waals surface area contributed by atoms with E-state index in [1.807, 2.05) is 6.07 Å². The number of aromatic nitrogens is 2. The smallest absolute Gasteiger partial charge is 0.125 e. The van der Waals surface area contributed by atoms with Crippen LogP contribution in [0.5, 0.6) is 0 Å². The molecule has 4 heteroatoms. The first-order valence-electron chi connectivity index (χ1n) is 5.59. The van der Waals surface area contributed by atoms with Crippen molar-refractivity contribution >= 4 is 11.0 Å². The number of rotatable bonds is 2. The average molecular weight is 244 g/mol. The molecular formula is C14H10F2N2. The van der Waals surface area contributed by atoms with Gasteiger partial charge in [-0.1, -0.05) is 12.1 Å². The fraction of sp³-hybridized carbons (Fsp3) is 0.0714. The number of aromatic amines is 1. The number of nitrogens with zero attached hydrogens (tertiary/aromatic N) is 1. The zero-order chi connectivity index (χ0) is 12.5. The van der Waals surface area contributed by atoms with Gasteiger partial charge in [-0.15, -0.1) is 0 Å². The Balaban J connectivity index is 1.95. The van der Waals surface area contributed by atoms with Crippen LogP contribution in [-0.2, 0) is 6.42 Å². The minimum Gasteiger partial charge on any atom is -0.342 e. The lowest BCUT2D eigenvalue weighted by Gasteiger charge is -1.97. The third-order valence-corrected chi connectivity index (χ3v) is 2.75. The molecular weight excluding hydrogens is 234 g/mol. The fourth-order valence-electron chi connectivity index (χ4n) is 1.96. The number of fused-ring (bicyclic) bond motifs is 1. The Morgan fingerprint density at radius 2 is 1.83 bits per heavy atom. The molecule has 0 aliphatic heterocycles. The van der Waals surface area contributed by atoms with Crippen molar-refractivity contribution in [3.8, 4) is 0 Å². The van der Waals surface area contributed by atoms with E-state index in [2.05, 4.69) is 9.97 Å². The summed E-state index contributed by atoms with van der Waals surface area (Å²) in [4.78, 5) is 7.36. The van der Waals surface area contributed by atoms with Gasteiger partial charge >= 0.3 is 0 Å². The van der Waals surface area contributed by atoms with Crippen LogP contribution in [-0.4, -0.2) is 9.97 Å². The molecule has 1 aromatic heterocycles. The van der Waals surface area contributed by atoms with Gasteiger partial charge in [0.15, 0.2) is 0 Å². The molecule has 2 nitrogen and oxygen atoms in total. The van der Waals surface area contributed by atoms with Crippen molar-refractivity contribution < 1.29 is 8.78 Å². The number of benzene rings is 2. The van der Waals surface area contributed by atoms with E-state index in [9.17, 15) is 8.78 Å². The topological polar surface area (TPSA) is 28.7 Å². The molecule has 0 atom stereocenters. The first-order chi connectivity index (χ1) is 8.70. The summed E-state index contributed by atoms with van der Waals surface area (Å²) in [5, 5.41) is 0. The van der Waals surface area contributed by atoms with Crippen molar-refractivity contribution in [3.05, 3.63) is 65.5 Å². The maximum absolute atomic E-state index is 13.0. The number of hydrogen-bond donors (Lipinski definition) is 1.